The van der Waals surface area contributed by atoms with Gasteiger partial charge in [0, 0.05) is 12.1 Å². The Balaban J connectivity index is 1.98. The van der Waals surface area contributed by atoms with E-state index in [0.717, 1.165) is 6.04 Å². The van der Waals surface area contributed by atoms with E-state index < -0.39 is 0 Å². The van der Waals surface area contributed by atoms with Crippen LogP contribution in [-0.2, 0) is 0 Å². The van der Waals surface area contributed by atoms with Gasteiger partial charge in [0.05, 0.1) is 0 Å². The van der Waals surface area contributed by atoms with E-state index in [9.17, 15) is 0 Å². The quantitative estimate of drug-likeness (QED) is 0.835. The van der Waals surface area contributed by atoms with Gasteiger partial charge in [0.1, 0.15) is 0 Å². The molecule has 0 amide bonds. The lowest BCUT2D eigenvalue weighted by molar-refractivity contribution is 0.0736. The molecule has 0 spiro atoms. The van der Waals surface area contributed by atoms with Crippen molar-refractivity contribution < 1.29 is 0 Å². The number of piperidine rings is 1. The molecule has 2 fully saturated rings. The number of rotatable bonds is 4. The Morgan fingerprint density at radius 1 is 1.05 bits per heavy atom. The Morgan fingerprint density at radius 2 is 1.68 bits per heavy atom. The lowest BCUT2D eigenvalue weighted by Crippen LogP contribution is -2.54. The second-order valence-corrected chi connectivity index (χ2v) is 8.23. The molecule has 0 bridgehead atoms. The van der Waals surface area contributed by atoms with Crippen LogP contribution in [0.1, 0.15) is 66.7 Å². The molecule has 1 heterocycles. The van der Waals surface area contributed by atoms with E-state index in [-0.39, 0.29) is 0 Å². The van der Waals surface area contributed by atoms with Crippen LogP contribution < -0.4 is 5.32 Å². The minimum Gasteiger partial charge on any atom is -0.312 e. The zero-order valence-corrected chi connectivity index (χ0v) is 13.8. The van der Waals surface area contributed by atoms with Crippen LogP contribution >= 0.6 is 0 Å². The topological polar surface area (TPSA) is 15.3 Å². The second-order valence-electron chi connectivity index (χ2n) is 8.23. The van der Waals surface area contributed by atoms with Crippen molar-refractivity contribution in [3.8, 4) is 0 Å². The highest BCUT2D eigenvalue weighted by atomic mass is 15.2. The lowest BCUT2D eigenvalue weighted by atomic mass is 9.81. The Kier molecular flexibility index (Phi) is 4.62. The van der Waals surface area contributed by atoms with Gasteiger partial charge in [0.15, 0.2) is 0 Å². The van der Waals surface area contributed by atoms with Crippen molar-refractivity contribution in [1.29, 1.82) is 0 Å². The monoisotopic (exact) mass is 266 g/mol. The average molecular weight is 266 g/mol. The third kappa shape index (κ3) is 3.52. The van der Waals surface area contributed by atoms with E-state index in [1.807, 2.05) is 0 Å². The van der Waals surface area contributed by atoms with Crippen LogP contribution in [-0.4, -0.2) is 36.6 Å². The van der Waals surface area contributed by atoms with Crippen LogP contribution in [0.25, 0.3) is 0 Å². The first-order valence-corrected chi connectivity index (χ1v) is 8.33. The molecule has 0 aromatic carbocycles. The summed E-state index contributed by atoms with van der Waals surface area (Å²) in [6.45, 7) is 15.8. The number of likely N-dealkylation sites (tertiary alicyclic amines) is 1. The zero-order valence-electron chi connectivity index (χ0n) is 13.8. The molecule has 0 aromatic heterocycles. The molecule has 112 valence electrons. The van der Waals surface area contributed by atoms with Crippen LogP contribution in [0.5, 0.6) is 0 Å². The minimum atomic E-state index is 0.465. The molecule has 0 radical (unpaired) electrons. The summed E-state index contributed by atoms with van der Waals surface area (Å²) in [4.78, 5) is 2.79. The average Bonchev–Trinajstić information content (AvgIpc) is 2.62. The summed E-state index contributed by atoms with van der Waals surface area (Å²) >= 11 is 0. The van der Waals surface area contributed by atoms with Crippen LogP contribution in [0.4, 0.5) is 0 Å². The van der Waals surface area contributed by atoms with E-state index in [1.165, 1.54) is 51.7 Å². The number of nitrogens with zero attached hydrogens (tertiary/aromatic N) is 1. The van der Waals surface area contributed by atoms with Crippen LogP contribution in [0.15, 0.2) is 0 Å². The third-order valence-corrected chi connectivity index (χ3v) is 5.55. The van der Waals surface area contributed by atoms with Crippen molar-refractivity contribution in [2.75, 3.05) is 19.6 Å². The predicted octanol–water partition coefficient (Wildman–Crippen LogP) is 3.67. The predicted molar refractivity (Wildman–Crippen MR) is 83.5 cm³/mol. The fraction of sp³-hybridized carbons (Fsp3) is 1.00. The van der Waals surface area contributed by atoms with Crippen LogP contribution in [0.3, 0.4) is 0 Å². The molecular weight excluding hydrogens is 232 g/mol. The first kappa shape index (κ1) is 15.3. The van der Waals surface area contributed by atoms with E-state index in [0.29, 0.717) is 16.9 Å². The highest BCUT2D eigenvalue weighted by molar-refractivity contribution is 5.02. The molecule has 2 aliphatic rings. The van der Waals surface area contributed by atoms with Gasteiger partial charge in [-0.1, -0.05) is 34.6 Å². The minimum absolute atomic E-state index is 0.465. The van der Waals surface area contributed by atoms with Crippen molar-refractivity contribution in [3.05, 3.63) is 0 Å². The van der Waals surface area contributed by atoms with Gasteiger partial charge in [0.25, 0.3) is 0 Å². The molecule has 2 unspecified atom stereocenters. The van der Waals surface area contributed by atoms with Gasteiger partial charge in [-0.3, -0.25) is 4.90 Å². The van der Waals surface area contributed by atoms with Gasteiger partial charge in [-0.2, -0.15) is 0 Å². The van der Waals surface area contributed by atoms with Gasteiger partial charge < -0.3 is 5.32 Å². The molecule has 1 saturated carbocycles. The Labute approximate surface area is 120 Å². The highest BCUT2D eigenvalue weighted by Gasteiger charge is 2.44. The van der Waals surface area contributed by atoms with Crippen molar-refractivity contribution in [1.82, 2.24) is 10.2 Å². The van der Waals surface area contributed by atoms with Crippen LogP contribution in [0, 0.1) is 10.8 Å². The SMILES string of the molecule is CCCNC1C(N2CCC(C)(C)CC2)CCC1(C)C. The summed E-state index contributed by atoms with van der Waals surface area (Å²) in [6.07, 6.45) is 6.73. The molecule has 0 aromatic rings. The van der Waals surface area contributed by atoms with Crippen LogP contribution in [0.2, 0.25) is 0 Å². The normalized spacial score (nSPS) is 34.6. The van der Waals surface area contributed by atoms with Gasteiger partial charge in [-0.05, 0) is 62.6 Å². The van der Waals surface area contributed by atoms with Gasteiger partial charge in [0.2, 0.25) is 0 Å². The number of nitrogens with one attached hydrogen (secondary N) is 1. The summed E-state index contributed by atoms with van der Waals surface area (Å²) in [7, 11) is 0. The second kappa shape index (κ2) is 5.73. The largest absolute Gasteiger partial charge is 0.312 e. The highest BCUT2D eigenvalue weighted by Crippen LogP contribution is 2.42. The number of hydrogen-bond acceptors (Lipinski definition) is 2. The summed E-state index contributed by atoms with van der Waals surface area (Å²) in [5.41, 5.74) is 1.03. The van der Waals surface area contributed by atoms with E-state index >= 15 is 0 Å². The van der Waals surface area contributed by atoms with Gasteiger partial charge in [-0.25, -0.2) is 0 Å². The maximum atomic E-state index is 3.85. The smallest absolute Gasteiger partial charge is 0.0274 e. The van der Waals surface area contributed by atoms with Crippen molar-refractivity contribution in [3.63, 3.8) is 0 Å². The molecule has 2 heteroatoms. The first-order valence-electron chi connectivity index (χ1n) is 8.33. The summed E-state index contributed by atoms with van der Waals surface area (Å²) in [6, 6.07) is 1.46. The van der Waals surface area contributed by atoms with Crippen molar-refractivity contribution >= 4 is 0 Å². The Hall–Kier alpha value is -0.0800. The molecule has 2 atom stereocenters. The van der Waals surface area contributed by atoms with Gasteiger partial charge >= 0.3 is 0 Å². The molecule has 2 nitrogen and oxygen atoms in total. The Morgan fingerprint density at radius 3 is 2.26 bits per heavy atom. The molecule has 1 aliphatic heterocycles. The summed E-state index contributed by atoms with van der Waals surface area (Å²) < 4.78 is 0. The molecule has 1 aliphatic carbocycles. The van der Waals surface area contributed by atoms with Gasteiger partial charge in [-0.15, -0.1) is 0 Å². The van der Waals surface area contributed by atoms with Crippen molar-refractivity contribution in [2.45, 2.75) is 78.8 Å². The molecule has 1 saturated heterocycles. The van der Waals surface area contributed by atoms with E-state index in [2.05, 4.69) is 44.8 Å². The molecule has 19 heavy (non-hydrogen) atoms. The summed E-state index contributed by atoms with van der Waals surface area (Å²) in [5, 5.41) is 3.85. The summed E-state index contributed by atoms with van der Waals surface area (Å²) in [5.74, 6) is 0. The Bertz CT molecular complexity index is 286. The zero-order chi connectivity index (χ0) is 14.1. The lowest BCUT2D eigenvalue weighted by Gasteiger charge is -2.43. The third-order valence-electron chi connectivity index (χ3n) is 5.55. The van der Waals surface area contributed by atoms with E-state index in [4.69, 9.17) is 0 Å². The van der Waals surface area contributed by atoms with E-state index in [1.54, 1.807) is 0 Å². The fourth-order valence-electron chi connectivity index (χ4n) is 3.93. The standard InChI is InChI=1S/C17H34N2/c1-6-11-18-15-14(7-8-17(15,4)5)19-12-9-16(2,3)10-13-19/h14-15,18H,6-13H2,1-5H3. The maximum Gasteiger partial charge on any atom is 0.0274 e. The maximum absolute atomic E-state index is 3.85. The number of hydrogen-bond donors (Lipinski definition) is 1. The first-order chi connectivity index (χ1) is 8.86. The fourth-order valence-corrected chi connectivity index (χ4v) is 3.93. The molecular formula is C17H34N2. The molecule has 2 rings (SSSR count). The molecule has 1 N–H and O–H groups in total. The van der Waals surface area contributed by atoms with Crippen molar-refractivity contribution in [2.24, 2.45) is 10.8 Å².